The molecule has 1 amide bonds. The van der Waals surface area contributed by atoms with Crippen molar-refractivity contribution in [3.05, 3.63) is 66.0 Å². The van der Waals surface area contributed by atoms with E-state index in [-0.39, 0.29) is 0 Å². The average Bonchev–Trinajstić information content (AvgIpc) is 3.58. The molecule has 2 aromatic heterocycles. The monoisotopic (exact) mass is 469 g/mol. The van der Waals surface area contributed by atoms with Crippen molar-refractivity contribution in [3.63, 3.8) is 0 Å². The first-order valence-electron chi connectivity index (χ1n) is 11.5. The second-order valence-electron chi connectivity index (χ2n) is 8.49. The highest BCUT2D eigenvalue weighted by molar-refractivity contribution is 5.98. The minimum atomic E-state index is -0.540. The number of aromatic amines is 1. The van der Waals surface area contributed by atoms with E-state index in [0.717, 1.165) is 42.8 Å². The maximum Gasteiger partial charge on any atom is 0.269 e. The Labute approximate surface area is 203 Å². The number of para-hydroxylation sites is 2. The summed E-state index contributed by atoms with van der Waals surface area (Å²) in [5, 5.41) is 3.19. The zero-order valence-electron chi connectivity index (χ0n) is 19.7. The number of aromatic nitrogens is 3. The van der Waals surface area contributed by atoms with Crippen LogP contribution in [0.4, 0.5) is 0 Å². The van der Waals surface area contributed by atoms with Gasteiger partial charge in [0.05, 0.1) is 13.7 Å². The van der Waals surface area contributed by atoms with Crippen LogP contribution in [-0.2, 0) is 0 Å². The first-order valence-corrected chi connectivity index (χ1v) is 11.5. The Morgan fingerprint density at radius 2 is 1.97 bits per heavy atom. The lowest BCUT2D eigenvalue weighted by Crippen LogP contribution is -2.20. The number of carbonyl (C=O) groups excluding carboxylic acids is 1. The standard InChI is InChI=1S/C27H27N5O3/c1-3-4-14-31-15-13-19(17-31)21-16-29-32-25(26(28)33)24(30-27(21)32)18-9-11-20(12-10-18)35-23-8-6-5-7-22(23)34-2/h5-12,16,19,29H,13-15,17H2,1-2H3,(H2,28,33). The van der Waals surface area contributed by atoms with E-state index in [0.29, 0.717) is 34.6 Å². The Morgan fingerprint density at radius 3 is 2.69 bits per heavy atom. The first-order chi connectivity index (χ1) is 17.1. The van der Waals surface area contributed by atoms with Gasteiger partial charge in [-0.1, -0.05) is 18.1 Å². The maximum absolute atomic E-state index is 12.4. The summed E-state index contributed by atoms with van der Waals surface area (Å²) in [6.45, 7) is 4.52. The quantitative estimate of drug-likeness (QED) is 0.398. The van der Waals surface area contributed by atoms with Crippen LogP contribution in [0.3, 0.4) is 0 Å². The molecule has 35 heavy (non-hydrogen) atoms. The van der Waals surface area contributed by atoms with Crippen LogP contribution in [0.1, 0.15) is 35.3 Å². The van der Waals surface area contributed by atoms with E-state index in [1.165, 1.54) is 0 Å². The van der Waals surface area contributed by atoms with Crippen LogP contribution in [0.25, 0.3) is 16.9 Å². The molecule has 0 radical (unpaired) electrons. The number of benzene rings is 2. The number of hydrogen-bond donors (Lipinski definition) is 2. The summed E-state index contributed by atoms with van der Waals surface area (Å²) in [7, 11) is 1.60. The van der Waals surface area contributed by atoms with Gasteiger partial charge in [0.25, 0.3) is 5.91 Å². The number of amides is 1. The first kappa shape index (κ1) is 22.6. The van der Waals surface area contributed by atoms with Gasteiger partial charge in [-0.15, -0.1) is 5.92 Å². The van der Waals surface area contributed by atoms with Crippen molar-refractivity contribution in [2.24, 2.45) is 5.73 Å². The highest BCUT2D eigenvalue weighted by Gasteiger charge is 2.29. The van der Waals surface area contributed by atoms with E-state index >= 15 is 0 Å². The summed E-state index contributed by atoms with van der Waals surface area (Å²) in [5.74, 6) is 7.78. The molecule has 0 bridgehead atoms. The molecular weight excluding hydrogens is 442 g/mol. The fraction of sp³-hybridized carbons (Fsp3) is 0.259. The Balaban J connectivity index is 1.44. The normalized spacial score (nSPS) is 15.7. The molecule has 1 atom stereocenters. The van der Waals surface area contributed by atoms with Crippen molar-refractivity contribution in [1.82, 2.24) is 19.5 Å². The van der Waals surface area contributed by atoms with Crippen LogP contribution in [0.5, 0.6) is 17.2 Å². The van der Waals surface area contributed by atoms with Crippen molar-refractivity contribution in [2.75, 3.05) is 26.7 Å². The van der Waals surface area contributed by atoms with Gasteiger partial charge in [0, 0.05) is 29.8 Å². The van der Waals surface area contributed by atoms with E-state index in [1.54, 1.807) is 11.6 Å². The zero-order chi connectivity index (χ0) is 24.4. The smallest absolute Gasteiger partial charge is 0.269 e. The number of rotatable bonds is 7. The number of ether oxygens (including phenoxy) is 2. The molecule has 0 saturated carbocycles. The molecule has 178 valence electrons. The SMILES string of the molecule is CC#CCN1CCC(c2c[nH]n3c(C(N)=O)c(-c4ccc(Oc5ccccc5OC)cc4)nc23)C1. The van der Waals surface area contributed by atoms with E-state index in [4.69, 9.17) is 20.2 Å². The number of nitrogens with two attached hydrogens (primary N) is 1. The van der Waals surface area contributed by atoms with Gasteiger partial charge in [-0.25, -0.2) is 9.50 Å². The van der Waals surface area contributed by atoms with Gasteiger partial charge in [0.15, 0.2) is 22.8 Å². The summed E-state index contributed by atoms with van der Waals surface area (Å²) in [6.07, 6.45) is 2.95. The Bertz CT molecular complexity index is 1420. The molecule has 3 heterocycles. The molecule has 4 aromatic rings. The van der Waals surface area contributed by atoms with Crippen LogP contribution in [-0.4, -0.2) is 52.1 Å². The third-order valence-corrected chi connectivity index (χ3v) is 6.33. The lowest BCUT2D eigenvalue weighted by Gasteiger charge is -2.11. The van der Waals surface area contributed by atoms with Crippen LogP contribution in [0.2, 0.25) is 0 Å². The fourth-order valence-electron chi connectivity index (χ4n) is 4.60. The number of methoxy groups -OCH3 is 1. The van der Waals surface area contributed by atoms with Crippen LogP contribution < -0.4 is 15.2 Å². The van der Waals surface area contributed by atoms with Crippen LogP contribution in [0.15, 0.2) is 54.7 Å². The second kappa shape index (κ2) is 9.57. The second-order valence-corrected chi connectivity index (χ2v) is 8.49. The van der Waals surface area contributed by atoms with E-state index < -0.39 is 5.91 Å². The number of fused-ring (bicyclic) bond motifs is 1. The Morgan fingerprint density at radius 1 is 1.20 bits per heavy atom. The van der Waals surface area contributed by atoms with Gasteiger partial charge in [-0.3, -0.25) is 14.8 Å². The molecule has 2 aromatic carbocycles. The summed E-state index contributed by atoms with van der Waals surface area (Å²) in [4.78, 5) is 19.6. The highest BCUT2D eigenvalue weighted by atomic mass is 16.5. The molecule has 1 fully saturated rings. The molecule has 5 rings (SSSR count). The molecule has 0 aliphatic carbocycles. The lowest BCUT2D eigenvalue weighted by molar-refractivity contribution is 0.0994. The third-order valence-electron chi connectivity index (χ3n) is 6.33. The van der Waals surface area contributed by atoms with E-state index in [9.17, 15) is 4.79 Å². The predicted octanol–water partition coefficient (Wildman–Crippen LogP) is 4.04. The molecule has 8 nitrogen and oxygen atoms in total. The Hall–Kier alpha value is -4.22. The van der Waals surface area contributed by atoms with Gasteiger partial charge in [0.1, 0.15) is 11.4 Å². The third kappa shape index (κ3) is 4.34. The van der Waals surface area contributed by atoms with Gasteiger partial charge in [-0.2, -0.15) is 0 Å². The average molecular weight is 470 g/mol. The molecule has 1 aliphatic rings. The van der Waals surface area contributed by atoms with Crippen LogP contribution in [0, 0.1) is 11.8 Å². The van der Waals surface area contributed by atoms with E-state index in [2.05, 4.69) is 21.8 Å². The van der Waals surface area contributed by atoms with Gasteiger partial charge < -0.3 is 15.2 Å². The van der Waals surface area contributed by atoms with Gasteiger partial charge >= 0.3 is 0 Å². The van der Waals surface area contributed by atoms with Crippen molar-refractivity contribution in [3.8, 4) is 40.3 Å². The minimum Gasteiger partial charge on any atom is -0.493 e. The van der Waals surface area contributed by atoms with Gasteiger partial charge in [-0.05, 0) is 56.3 Å². The van der Waals surface area contributed by atoms with Gasteiger partial charge in [0.2, 0.25) is 0 Å². The number of nitrogens with zero attached hydrogens (tertiary/aromatic N) is 3. The molecule has 8 heteroatoms. The van der Waals surface area contributed by atoms with E-state index in [1.807, 2.05) is 61.7 Å². The molecule has 0 spiro atoms. The topological polar surface area (TPSA) is 97.9 Å². The summed E-state index contributed by atoms with van der Waals surface area (Å²) >= 11 is 0. The number of primary amides is 1. The van der Waals surface area contributed by atoms with Crippen molar-refractivity contribution in [1.29, 1.82) is 0 Å². The summed E-state index contributed by atoms with van der Waals surface area (Å²) < 4.78 is 13.0. The molecular formula is C27H27N5O3. The lowest BCUT2D eigenvalue weighted by atomic mass is 10.0. The number of likely N-dealkylation sites (tertiary alicyclic amines) is 1. The zero-order valence-corrected chi connectivity index (χ0v) is 19.7. The number of imidazole rings is 1. The number of nitrogens with one attached hydrogen (secondary N) is 1. The van der Waals surface area contributed by atoms with Crippen molar-refractivity contribution < 1.29 is 14.3 Å². The fourth-order valence-corrected chi connectivity index (χ4v) is 4.60. The largest absolute Gasteiger partial charge is 0.493 e. The predicted molar refractivity (Wildman–Crippen MR) is 134 cm³/mol. The molecule has 1 aliphatic heterocycles. The minimum absolute atomic E-state index is 0.315. The number of hydrogen-bond acceptors (Lipinski definition) is 5. The molecule has 1 saturated heterocycles. The summed E-state index contributed by atoms with van der Waals surface area (Å²) in [5.41, 5.74) is 9.25. The maximum atomic E-state index is 12.4. The van der Waals surface area contributed by atoms with Crippen LogP contribution >= 0.6 is 0 Å². The molecule has 3 N–H and O–H groups in total. The molecule has 1 unspecified atom stereocenters. The highest BCUT2D eigenvalue weighted by Crippen LogP contribution is 2.35. The number of carbonyl (C=O) groups is 1. The summed E-state index contributed by atoms with van der Waals surface area (Å²) in [6, 6.07) is 14.9. The Kier molecular flexibility index (Phi) is 6.17. The van der Waals surface area contributed by atoms with Crippen molar-refractivity contribution >= 4 is 11.6 Å². The number of H-pyrrole nitrogens is 1. The van der Waals surface area contributed by atoms with Crippen molar-refractivity contribution in [2.45, 2.75) is 19.3 Å².